The van der Waals surface area contributed by atoms with Gasteiger partial charge in [-0.1, -0.05) is 203 Å². The Morgan fingerprint density at radius 3 is 1.30 bits per heavy atom. The number of rotatable bonds is 6. The second-order valence-corrected chi connectivity index (χ2v) is 21.1. The zero-order valence-electron chi connectivity index (χ0n) is 38.7. The molecule has 0 radical (unpaired) electrons. The normalized spacial score (nSPS) is 14.4. The molecule has 10 rings (SSSR count). The molecule has 0 bridgehead atoms. The van der Waals surface area contributed by atoms with E-state index in [0.29, 0.717) is 0 Å². The lowest BCUT2D eigenvalue weighted by atomic mass is 9.78. The summed E-state index contributed by atoms with van der Waals surface area (Å²) in [4.78, 5) is 2.50. The molecule has 0 saturated carbocycles. The smallest absolute Gasteiger partial charge is 0.0467 e. The molecule has 0 amide bonds. The minimum Gasteiger partial charge on any atom is -0.310 e. The van der Waals surface area contributed by atoms with E-state index >= 15 is 0 Å². The Morgan fingerprint density at radius 1 is 0.302 bits per heavy atom. The van der Waals surface area contributed by atoms with Crippen molar-refractivity contribution in [1.29, 1.82) is 0 Å². The van der Waals surface area contributed by atoms with Crippen molar-refractivity contribution in [1.82, 2.24) is 0 Å². The molecule has 0 N–H and O–H groups in total. The largest absolute Gasteiger partial charge is 0.310 e. The maximum Gasteiger partial charge on any atom is 0.0467 e. The van der Waals surface area contributed by atoms with Crippen LogP contribution in [-0.4, -0.2) is 0 Å². The summed E-state index contributed by atoms with van der Waals surface area (Å²) in [5.74, 6) is 0. The third-order valence-electron chi connectivity index (χ3n) is 14.2. The van der Waals surface area contributed by atoms with Crippen molar-refractivity contribution in [2.45, 2.75) is 90.9 Å². The van der Waals surface area contributed by atoms with Gasteiger partial charge in [0, 0.05) is 27.9 Å². The van der Waals surface area contributed by atoms with E-state index in [1.807, 2.05) is 0 Å². The Bertz CT molecular complexity index is 2930. The summed E-state index contributed by atoms with van der Waals surface area (Å²) in [6, 6.07) is 66.6. The van der Waals surface area contributed by atoms with Crippen molar-refractivity contribution in [3.63, 3.8) is 0 Å². The van der Waals surface area contributed by atoms with E-state index in [-0.39, 0.29) is 21.7 Å². The van der Waals surface area contributed by atoms with E-state index in [0.717, 1.165) is 17.1 Å². The molecule has 0 atom stereocenters. The van der Waals surface area contributed by atoms with Gasteiger partial charge in [0.25, 0.3) is 0 Å². The Labute approximate surface area is 376 Å². The fraction of sp³-hybridized carbons (Fsp3) is 0.226. The van der Waals surface area contributed by atoms with Gasteiger partial charge in [0.1, 0.15) is 0 Å². The highest BCUT2D eigenvalue weighted by molar-refractivity contribution is 5.92. The molecule has 0 aromatic heterocycles. The van der Waals surface area contributed by atoms with Crippen molar-refractivity contribution in [3.05, 3.63) is 209 Å². The Hall–Kier alpha value is -6.44. The molecule has 312 valence electrons. The predicted molar refractivity (Wildman–Crippen MR) is 270 cm³/mol. The summed E-state index contributed by atoms with van der Waals surface area (Å²) >= 11 is 0. The SMILES string of the molecule is CC(C)(C)c1cc(-c2ccc(-c3ccccc3)cc2-c2cccc(N(c3ccc4c(c3)C(C)(C)c3ccccc3-4)c3ccc4c(c3)C(C)(C)c3ccccc3-4)c2)cc(C(C)(C)C)c1. The molecule has 1 heteroatoms. The van der Waals surface area contributed by atoms with Gasteiger partial charge < -0.3 is 4.90 Å². The first-order valence-corrected chi connectivity index (χ1v) is 22.8. The molecule has 0 spiro atoms. The molecule has 2 aliphatic rings. The molecule has 63 heavy (non-hydrogen) atoms. The van der Waals surface area contributed by atoms with Crippen molar-refractivity contribution in [2.24, 2.45) is 0 Å². The maximum atomic E-state index is 2.50. The summed E-state index contributed by atoms with van der Waals surface area (Å²) < 4.78 is 0. The zero-order valence-corrected chi connectivity index (χ0v) is 38.7. The Morgan fingerprint density at radius 2 is 0.762 bits per heavy atom. The van der Waals surface area contributed by atoms with Gasteiger partial charge >= 0.3 is 0 Å². The average Bonchev–Trinajstić information content (AvgIpc) is 3.65. The topological polar surface area (TPSA) is 3.24 Å². The minimum atomic E-state index is -0.128. The minimum absolute atomic E-state index is 0.00183. The molecule has 2 aliphatic carbocycles. The highest BCUT2D eigenvalue weighted by Crippen LogP contribution is 2.53. The van der Waals surface area contributed by atoms with E-state index in [9.17, 15) is 0 Å². The molecule has 0 unspecified atom stereocenters. The van der Waals surface area contributed by atoms with Crippen molar-refractivity contribution >= 4 is 17.1 Å². The van der Waals surface area contributed by atoms with E-state index in [4.69, 9.17) is 0 Å². The van der Waals surface area contributed by atoms with E-state index in [2.05, 4.69) is 250 Å². The monoisotopic (exact) mass is 817 g/mol. The standard InChI is InChI=1S/C62H59N/c1-59(2,3)44-33-43(34-45(37-44)60(4,5)6)49-30-27-41(40-19-12-11-13-20-40)36-54(49)42-21-18-22-46(35-42)63(47-28-31-52-50-23-14-16-25-55(50)61(7,8)57(52)38-47)48-29-32-53-51-24-15-17-26-56(51)62(9,10)58(53)39-48/h11-39H,1-10H3. The van der Waals surface area contributed by atoms with Crippen LogP contribution in [0.4, 0.5) is 17.1 Å². The molecular weight excluding hydrogens is 759 g/mol. The first kappa shape index (κ1) is 40.6. The second kappa shape index (κ2) is 14.6. The Kier molecular flexibility index (Phi) is 9.39. The first-order chi connectivity index (χ1) is 30.0. The quantitative estimate of drug-likeness (QED) is 0.162. The molecule has 0 aliphatic heterocycles. The second-order valence-electron chi connectivity index (χ2n) is 21.1. The summed E-state index contributed by atoms with van der Waals surface area (Å²) in [6.45, 7) is 23.5. The zero-order chi connectivity index (χ0) is 44.1. The predicted octanol–water partition coefficient (Wildman–Crippen LogP) is 17.4. The third-order valence-corrected chi connectivity index (χ3v) is 14.2. The van der Waals surface area contributed by atoms with Crippen LogP contribution in [0, 0.1) is 0 Å². The fourth-order valence-electron chi connectivity index (χ4n) is 10.4. The number of hydrogen-bond donors (Lipinski definition) is 0. The maximum absolute atomic E-state index is 2.50. The summed E-state index contributed by atoms with van der Waals surface area (Å²) in [7, 11) is 0. The van der Waals surface area contributed by atoms with Crippen LogP contribution in [0.1, 0.15) is 103 Å². The van der Waals surface area contributed by atoms with Gasteiger partial charge in [0.2, 0.25) is 0 Å². The van der Waals surface area contributed by atoms with Gasteiger partial charge in [0.15, 0.2) is 0 Å². The van der Waals surface area contributed by atoms with Crippen molar-refractivity contribution < 1.29 is 0 Å². The Balaban J connectivity index is 1.19. The van der Waals surface area contributed by atoms with Crippen LogP contribution < -0.4 is 4.90 Å². The molecule has 0 saturated heterocycles. The van der Waals surface area contributed by atoms with E-state index in [1.165, 1.54) is 89.0 Å². The van der Waals surface area contributed by atoms with Crippen molar-refractivity contribution in [3.8, 4) is 55.6 Å². The van der Waals surface area contributed by atoms with Crippen molar-refractivity contribution in [2.75, 3.05) is 4.90 Å². The summed E-state index contributed by atoms with van der Waals surface area (Å²) in [5.41, 5.74) is 24.1. The van der Waals surface area contributed by atoms with Crippen LogP contribution in [0.2, 0.25) is 0 Å². The van der Waals surface area contributed by atoms with Crippen LogP contribution in [-0.2, 0) is 21.7 Å². The van der Waals surface area contributed by atoms with Gasteiger partial charge in [-0.15, -0.1) is 0 Å². The third kappa shape index (κ3) is 6.85. The molecule has 1 nitrogen and oxygen atoms in total. The number of hydrogen-bond acceptors (Lipinski definition) is 1. The summed E-state index contributed by atoms with van der Waals surface area (Å²) in [6.07, 6.45) is 0. The van der Waals surface area contributed by atoms with Crippen LogP contribution in [0.5, 0.6) is 0 Å². The number of benzene rings is 8. The summed E-state index contributed by atoms with van der Waals surface area (Å²) in [5, 5.41) is 0. The number of nitrogens with zero attached hydrogens (tertiary/aromatic N) is 1. The highest BCUT2D eigenvalue weighted by Gasteiger charge is 2.38. The lowest BCUT2D eigenvalue weighted by Gasteiger charge is -2.30. The van der Waals surface area contributed by atoms with Gasteiger partial charge in [-0.2, -0.15) is 0 Å². The molecule has 8 aromatic rings. The molecule has 0 heterocycles. The number of anilines is 3. The van der Waals surface area contributed by atoms with Gasteiger partial charge in [-0.3, -0.25) is 0 Å². The van der Waals surface area contributed by atoms with Gasteiger partial charge in [-0.05, 0) is 142 Å². The lowest BCUT2D eigenvalue weighted by molar-refractivity contribution is 0.569. The fourth-order valence-corrected chi connectivity index (χ4v) is 10.4. The molecular formula is C62H59N. The molecule has 8 aromatic carbocycles. The van der Waals surface area contributed by atoms with E-state index in [1.54, 1.807) is 0 Å². The molecule has 0 fully saturated rings. The first-order valence-electron chi connectivity index (χ1n) is 22.8. The average molecular weight is 818 g/mol. The lowest BCUT2D eigenvalue weighted by Crippen LogP contribution is -2.18. The van der Waals surface area contributed by atoms with Gasteiger partial charge in [0.05, 0.1) is 0 Å². The number of fused-ring (bicyclic) bond motifs is 6. The van der Waals surface area contributed by atoms with E-state index < -0.39 is 0 Å². The van der Waals surface area contributed by atoms with Crippen LogP contribution >= 0.6 is 0 Å². The van der Waals surface area contributed by atoms with Gasteiger partial charge in [-0.25, -0.2) is 0 Å². The van der Waals surface area contributed by atoms with Crippen LogP contribution in [0.3, 0.4) is 0 Å². The van der Waals surface area contributed by atoms with Crippen LogP contribution in [0.15, 0.2) is 176 Å². The van der Waals surface area contributed by atoms with Crippen LogP contribution in [0.25, 0.3) is 55.6 Å². The highest BCUT2D eigenvalue weighted by atomic mass is 15.1.